The Morgan fingerprint density at radius 1 is 1.22 bits per heavy atom. The lowest BCUT2D eigenvalue weighted by Gasteiger charge is -2.14. The summed E-state index contributed by atoms with van der Waals surface area (Å²) in [4.78, 5) is 17.5. The van der Waals surface area contributed by atoms with Crippen LogP contribution in [0.3, 0.4) is 0 Å². The minimum Gasteiger partial charge on any atom is -0.348 e. The lowest BCUT2D eigenvalue weighted by atomic mass is 9.93. The molecule has 0 bridgehead atoms. The van der Waals surface area contributed by atoms with Crippen molar-refractivity contribution in [3.63, 3.8) is 0 Å². The van der Waals surface area contributed by atoms with Crippen molar-refractivity contribution >= 4 is 11.6 Å². The Kier molecular flexibility index (Phi) is 5.00. The second kappa shape index (κ2) is 7.10. The van der Waals surface area contributed by atoms with Gasteiger partial charge in [0.2, 0.25) is 0 Å². The fourth-order valence-electron chi connectivity index (χ4n) is 2.67. The van der Waals surface area contributed by atoms with Crippen LogP contribution >= 0.6 is 0 Å². The molecular weight excluding hydrogens is 343 g/mol. The number of fused-ring (bicyclic) bond motifs is 1. The van der Waals surface area contributed by atoms with E-state index in [2.05, 4.69) is 36.2 Å². The maximum absolute atomic E-state index is 13.3. The molecule has 1 atom stereocenters. The Morgan fingerprint density at radius 2 is 1.89 bits per heavy atom. The number of hydrogen-bond donors (Lipinski definition) is 1. The zero-order valence-corrected chi connectivity index (χ0v) is 16.4. The lowest BCUT2D eigenvalue weighted by molar-refractivity contribution is 0.0931. The molecule has 0 aliphatic carbocycles. The Labute approximate surface area is 158 Å². The number of aromatic nitrogens is 3. The van der Waals surface area contributed by atoms with Gasteiger partial charge < -0.3 is 5.32 Å². The van der Waals surface area contributed by atoms with Crippen LogP contribution in [0.25, 0.3) is 16.9 Å². The van der Waals surface area contributed by atoms with Crippen LogP contribution in [0, 0.1) is 5.82 Å². The van der Waals surface area contributed by atoms with Gasteiger partial charge in [-0.2, -0.15) is 5.10 Å². The van der Waals surface area contributed by atoms with E-state index in [1.54, 1.807) is 22.7 Å². The Bertz CT molecular complexity index is 970. The van der Waals surface area contributed by atoms with Gasteiger partial charge >= 0.3 is 0 Å². The van der Waals surface area contributed by atoms with E-state index in [0.29, 0.717) is 17.0 Å². The van der Waals surface area contributed by atoms with Crippen molar-refractivity contribution in [2.75, 3.05) is 0 Å². The van der Waals surface area contributed by atoms with Gasteiger partial charge in [-0.15, -0.1) is 0 Å². The Hall–Kier alpha value is -2.76. The largest absolute Gasteiger partial charge is 0.348 e. The van der Waals surface area contributed by atoms with Gasteiger partial charge in [0, 0.05) is 23.1 Å². The first-order chi connectivity index (χ1) is 12.7. The zero-order chi connectivity index (χ0) is 19.8. The van der Waals surface area contributed by atoms with Crippen molar-refractivity contribution in [3.8, 4) is 11.3 Å². The van der Waals surface area contributed by atoms with E-state index in [1.807, 2.05) is 19.9 Å². The highest BCUT2D eigenvalue weighted by Gasteiger charge is 2.22. The van der Waals surface area contributed by atoms with Crippen LogP contribution in [0.2, 0.25) is 0 Å². The highest BCUT2D eigenvalue weighted by molar-refractivity contribution is 5.94. The smallest absolute Gasteiger partial charge is 0.270 e. The molecule has 0 radical (unpaired) electrons. The second-order valence-corrected chi connectivity index (χ2v) is 7.87. The number of rotatable bonds is 4. The summed E-state index contributed by atoms with van der Waals surface area (Å²) < 4.78 is 14.9. The van der Waals surface area contributed by atoms with Crippen LogP contribution in [0.1, 0.15) is 57.2 Å². The molecule has 1 aromatic carbocycles. The molecule has 0 aliphatic rings. The molecule has 0 saturated carbocycles. The number of carbonyl (C=O) groups excluding carboxylic acids is 1. The average Bonchev–Trinajstić information content (AvgIpc) is 3.05. The van der Waals surface area contributed by atoms with Crippen molar-refractivity contribution < 1.29 is 9.18 Å². The number of halogens is 1. The molecule has 3 rings (SSSR count). The van der Waals surface area contributed by atoms with Gasteiger partial charge in [0.15, 0.2) is 5.65 Å². The van der Waals surface area contributed by atoms with Gasteiger partial charge in [-0.25, -0.2) is 13.9 Å². The first-order valence-corrected chi connectivity index (χ1v) is 9.17. The number of amides is 1. The molecule has 0 fully saturated rings. The van der Waals surface area contributed by atoms with Crippen molar-refractivity contribution in [2.45, 2.75) is 52.5 Å². The van der Waals surface area contributed by atoms with Crippen LogP contribution in [-0.2, 0) is 5.41 Å². The fourth-order valence-corrected chi connectivity index (χ4v) is 2.67. The van der Waals surface area contributed by atoms with Gasteiger partial charge in [0.1, 0.15) is 11.5 Å². The summed E-state index contributed by atoms with van der Waals surface area (Å²) in [6.45, 7) is 10.2. The van der Waals surface area contributed by atoms with Gasteiger partial charge in [-0.1, -0.05) is 27.7 Å². The topological polar surface area (TPSA) is 59.3 Å². The number of nitrogens with zero attached hydrogens (tertiary/aromatic N) is 3. The van der Waals surface area contributed by atoms with Gasteiger partial charge in [0.25, 0.3) is 5.91 Å². The summed E-state index contributed by atoms with van der Waals surface area (Å²) in [5, 5.41) is 7.61. The number of benzene rings is 1. The summed E-state index contributed by atoms with van der Waals surface area (Å²) in [6.07, 6.45) is 0.830. The van der Waals surface area contributed by atoms with E-state index in [0.717, 1.165) is 17.7 Å². The maximum Gasteiger partial charge on any atom is 0.270 e. The summed E-state index contributed by atoms with van der Waals surface area (Å²) >= 11 is 0. The molecular formula is C21H25FN4O. The average molecular weight is 368 g/mol. The second-order valence-electron chi connectivity index (χ2n) is 7.87. The number of carbonyl (C=O) groups is 1. The molecule has 2 heterocycles. The highest BCUT2D eigenvalue weighted by atomic mass is 19.1. The molecule has 1 N–H and O–H groups in total. The van der Waals surface area contributed by atoms with Crippen LogP contribution in [0.4, 0.5) is 4.39 Å². The molecule has 5 nitrogen and oxygen atoms in total. The fraction of sp³-hybridized carbons (Fsp3) is 0.381. The monoisotopic (exact) mass is 368 g/mol. The van der Waals surface area contributed by atoms with Crippen LogP contribution in [0.5, 0.6) is 0 Å². The van der Waals surface area contributed by atoms with Crippen LogP contribution in [0.15, 0.2) is 36.4 Å². The molecule has 27 heavy (non-hydrogen) atoms. The molecule has 0 spiro atoms. The highest BCUT2D eigenvalue weighted by Crippen LogP contribution is 2.25. The van der Waals surface area contributed by atoms with Crippen molar-refractivity contribution in [2.24, 2.45) is 0 Å². The molecule has 2 aromatic heterocycles. The van der Waals surface area contributed by atoms with E-state index in [4.69, 9.17) is 0 Å². The Balaban J connectivity index is 2.18. The first kappa shape index (κ1) is 19.0. The van der Waals surface area contributed by atoms with Crippen molar-refractivity contribution in [3.05, 3.63) is 53.6 Å². The third-order valence-electron chi connectivity index (χ3n) is 4.56. The molecule has 0 aliphatic heterocycles. The van der Waals surface area contributed by atoms with E-state index in [1.165, 1.54) is 12.1 Å². The summed E-state index contributed by atoms with van der Waals surface area (Å²) in [5.41, 5.74) is 3.04. The summed E-state index contributed by atoms with van der Waals surface area (Å²) in [5.74, 6) is -0.516. The van der Waals surface area contributed by atoms with E-state index >= 15 is 0 Å². The van der Waals surface area contributed by atoms with E-state index in [-0.39, 0.29) is 23.2 Å². The number of nitrogens with one attached hydrogen (secondary N) is 1. The van der Waals surface area contributed by atoms with Crippen molar-refractivity contribution in [1.29, 1.82) is 0 Å². The molecule has 1 amide bonds. The maximum atomic E-state index is 13.3. The van der Waals surface area contributed by atoms with Gasteiger partial charge in [-0.05, 0) is 43.7 Å². The minimum atomic E-state index is -0.311. The third kappa shape index (κ3) is 3.99. The third-order valence-corrected chi connectivity index (χ3v) is 4.56. The predicted molar refractivity (Wildman–Crippen MR) is 104 cm³/mol. The van der Waals surface area contributed by atoms with Crippen molar-refractivity contribution in [1.82, 2.24) is 19.9 Å². The summed E-state index contributed by atoms with van der Waals surface area (Å²) in [7, 11) is 0. The Morgan fingerprint density at radius 3 is 2.48 bits per heavy atom. The standard InChI is InChI=1S/C21H25FN4O/c1-6-13(2)23-20(27)17-11-16(14-7-9-15(22)10-8-14)24-19-12-18(21(3,4)5)25-26(17)19/h7-13H,6H2,1-5H3,(H,23,27)/t13-/m0/s1. The molecule has 3 aromatic rings. The molecule has 6 heteroatoms. The van der Waals surface area contributed by atoms with Gasteiger partial charge in [-0.3, -0.25) is 4.79 Å². The summed E-state index contributed by atoms with van der Waals surface area (Å²) in [6, 6.07) is 9.74. The normalized spacial score (nSPS) is 13.0. The van der Waals surface area contributed by atoms with E-state index in [9.17, 15) is 9.18 Å². The first-order valence-electron chi connectivity index (χ1n) is 9.17. The zero-order valence-electron chi connectivity index (χ0n) is 16.4. The lowest BCUT2D eigenvalue weighted by Crippen LogP contribution is -2.33. The number of hydrogen-bond acceptors (Lipinski definition) is 3. The predicted octanol–water partition coefficient (Wildman–Crippen LogP) is 4.36. The minimum absolute atomic E-state index is 0.0487. The molecule has 142 valence electrons. The molecule has 0 saturated heterocycles. The SMILES string of the molecule is CC[C@H](C)NC(=O)c1cc(-c2ccc(F)cc2)nc2cc(C(C)(C)C)nn12. The molecule has 0 unspecified atom stereocenters. The van der Waals surface area contributed by atoms with Crippen LogP contribution in [-0.4, -0.2) is 26.5 Å². The van der Waals surface area contributed by atoms with E-state index < -0.39 is 0 Å². The quantitative estimate of drug-likeness (QED) is 0.744. The van der Waals surface area contributed by atoms with Crippen LogP contribution < -0.4 is 5.32 Å². The van der Waals surface area contributed by atoms with Gasteiger partial charge in [0.05, 0.1) is 11.4 Å².